The zero-order valence-electron chi connectivity index (χ0n) is 16.5. The molecule has 1 aliphatic heterocycles. The van der Waals surface area contributed by atoms with E-state index in [-0.39, 0.29) is 16.6 Å². The van der Waals surface area contributed by atoms with Crippen LogP contribution in [-0.2, 0) is 10.0 Å². The summed E-state index contributed by atoms with van der Waals surface area (Å²) in [6.07, 6.45) is 2.59. The molecule has 2 rings (SSSR count). The minimum absolute atomic E-state index is 0.0133. The lowest BCUT2D eigenvalue weighted by Crippen LogP contribution is -2.36. The van der Waals surface area contributed by atoms with Gasteiger partial charge in [0.2, 0.25) is 10.0 Å². The van der Waals surface area contributed by atoms with E-state index < -0.39 is 14.9 Å². The highest BCUT2D eigenvalue weighted by atomic mass is 32.2. The van der Waals surface area contributed by atoms with E-state index >= 15 is 0 Å². The highest BCUT2D eigenvalue weighted by Gasteiger charge is 2.31. The van der Waals surface area contributed by atoms with Crippen LogP contribution in [0.3, 0.4) is 0 Å². The Morgan fingerprint density at radius 3 is 2.41 bits per heavy atom. The molecule has 1 aliphatic rings. The number of nitrogens with one attached hydrogen (secondary N) is 1. The number of nitro benzene ring substituents is 1. The number of nitro groups is 1. The van der Waals surface area contributed by atoms with E-state index in [9.17, 15) is 18.5 Å². The van der Waals surface area contributed by atoms with Gasteiger partial charge in [0.05, 0.1) is 10.6 Å². The first kappa shape index (κ1) is 21.6. The predicted octanol–water partition coefficient (Wildman–Crippen LogP) is 2.77. The van der Waals surface area contributed by atoms with Crippen molar-refractivity contribution in [3.63, 3.8) is 0 Å². The van der Waals surface area contributed by atoms with Gasteiger partial charge < -0.3 is 10.2 Å². The number of nitrogens with zero attached hydrogens (tertiary/aromatic N) is 3. The molecule has 1 aromatic rings. The van der Waals surface area contributed by atoms with Crippen LogP contribution in [0.1, 0.15) is 33.1 Å². The predicted molar refractivity (Wildman–Crippen MR) is 107 cm³/mol. The SMILES string of the molecule is CC(C)C[C@H](CNc1ccc([N+](=O)[O-])cc1S(=O)(=O)N1CCCC1)N(C)C. The molecule has 0 bridgehead atoms. The van der Waals surface area contributed by atoms with Gasteiger partial charge in [-0.2, -0.15) is 4.31 Å². The highest BCUT2D eigenvalue weighted by Crippen LogP contribution is 2.31. The fourth-order valence-corrected chi connectivity index (χ4v) is 5.01. The van der Waals surface area contributed by atoms with Crippen LogP contribution in [0, 0.1) is 16.0 Å². The third kappa shape index (κ3) is 5.40. The largest absolute Gasteiger partial charge is 0.382 e. The van der Waals surface area contributed by atoms with Crippen molar-refractivity contribution in [3.05, 3.63) is 28.3 Å². The lowest BCUT2D eigenvalue weighted by Gasteiger charge is -2.27. The minimum Gasteiger partial charge on any atom is -0.382 e. The molecule has 0 amide bonds. The lowest BCUT2D eigenvalue weighted by molar-refractivity contribution is -0.385. The molecule has 0 spiro atoms. The van der Waals surface area contributed by atoms with Crippen LogP contribution in [0.4, 0.5) is 11.4 Å². The van der Waals surface area contributed by atoms with Gasteiger partial charge in [-0.25, -0.2) is 8.42 Å². The summed E-state index contributed by atoms with van der Waals surface area (Å²) in [5, 5.41) is 14.4. The van der Waals surface area contributed by atoms with E-state index in [4.69, 9.17) is 0 Å². The standard InChI is InChI=1S/C18H30N4O4S/c1-14(2)11-16(20(3)4)13-19-17-8-7-15(22(23)24)12-18(17)27(25,26)21-9-5-6-10-21/h7-8,12,14,16,19H,5-6,9-11,13H2,1-4H3/t16-/m1/s1. The van der Waals surface area contributed by atoms with Gasteiger partial charge in [-0.1, -0.05) is 13.8 Å². The number of non-ortho nitro benzene ring substituents is 1. The molecule has 0 unspecified atom stereocenters. The van der Waals surface area contributed by atoms with E-state index in [1.165, 1.54) is 22.5 Å². The molecular formula is C18H30N4O4S. The summed E-state index contributed by atoms with van der Waals surface area (Å²) in [5.41, 5.74) is 0.202. The second kappa shape index (κ2) is 8.99. The maximum atomic E-state index is 13.0. The molecule has 152 valence electrons. The lowest BCUT2D eigenvalue weighted by atomic mass is 10.0. The minimum atomic E-state index is -3.76. The first-order valence-electron chi connectivity index (χ1n) is 9.31. The van der Waals surface area contributed by atoms with Crippen molar-refractivity contribution in [1.82, 2.24) is 9.21 Å². The first-order valence-corrected chi connectivity index (χ1v) is 10.8. The van der Waals surface area contributed by atoms with E-state index in [1.807, 2.05) is 14.1 Å². The van der Waals surface area contributed by atoms with Gasteiger partial charge >= 0.3 is 0 Å². The number of anilines is 1. The molecule has 8 nitrogen and oxygen atoms in total. The molecule has 1 saturated heterocycles. The third-order valence-corrected chi connectivity index (χ3v) is 6.80. The Morgan fingerprint density at radius 1 is 1.26 bits per heavy atom. The van der Waals surface area contributed by atoms with Gasteiger partial charge in [0.1, 0.15) is 4.90 Å². The summed E-state index contributed by atoms with van der Waals surface area (Å²) in [6.45, 7) is 5.76. The molecule has 1 heterocycles. The molecule has 9 heteroatoms. The third-order valence-electron chi connectivity index (χ3n) is 4.86. The van der Waals surface area contributed by atoms with Gasteiger partial charge in [-0.3, -0.25) is 10.1 Å². The number of likely N-dealkylation sites (N-methyl/N-ethyl adjacent to an activating group) is 1. The van der Waals surface area contributed by atoms with Crippen LogP contribution in [0.25, 0.3) is 0 Å². The summed E-state index contributed by atoms with van der Waals surface area (Å²) >= 11 is 0. The fraction of sp³-hybridized carbons (Fsp3) is 0.667. The maximum Gasteiger partial charge on any atom is 0.270 e. The van der Waals surface area contributed by atoms with Crippen LogP contribution in [0.5, 0.6) is 0 Å². The van der Waals surface area contributed by atoms with Gasteiger partial charge in [0.15, 0.2) is 0 Å². The van der Waals surface area contributed by atoms with Crippen molar-refractivity contribution in [2.45, 2.75) is 44.0 Å². The van der Waals surface area contributed by atoms with E-state index in [0.29, 0.717) is 31.2 Å². The molecule has 1 atom stereocenters. The number of hydrogen-bond acceptors (Lipinski definition) is 6. The Bertz CT molecular complexity index is 759. The molecule has 0 aliphatic carbocycles. The molecule has 1 aromatic carbocycles. The van der Waals surface area contributed by atoms with Crippen LogP contribution in [0.2, 0.25) is 0 Å². The second-order valence-corrected chi connectivity index (χ2v) is 9.58. The Morgan fingerprint density at radius 2 is 1.89 bits per heavy atom. The number of benzene rings is 1. The summed E-state index contributed by atoms with van der Waals surface area (Å²) in [6, 6.07) is 4.24. The molecule has 27 heavy (non-hydrogen) atoms. The number of rotatable bonds is 9. The quantitative estimate of drug-likeness (QED) is 0.508. The number of hydrogen-bond donors (Lipinski definition) is 1. The van der Waals surface area contributed by atoms with Gasteiger partial charge in [-0.05, 0) is 45.3 Å². The fourth-order valence-electron chi connectivity index (χ4n) is 3.30. The average Bonchev–Trinajstić information content (AvgIpc) is 3.13. The van der Waals surface area contributed by atoms with E-state index in [0.717, 1.165) is 19.3 Å². The van der Waals surface area contributed by atoms with Crippen molar-refractivity contribution in [1.29, 1.82) is 0 Å². The Kier molecular flexibility index (Phi) is 7.19. The summed E-state index contributed by atoms with van der Waals surface area (Å²) in [7, 11) is 0.221. The molecular weight excluding hydrogens is 368 g/mol. The van der Waals surface area contributed by atoms with Crippen molar-refractivity contribution in [2.24, 2.45) is 5.92 Å². The van der Waals surface area contributed by atoms with Crippen LogP contribution in [-0.4, -0.2) is 62.3 Å². The van der Waals surface area contributed by atoms with Crippen molar-refractivity contribution in [3.8, 4) is 0 Å². The average molecular weight is 399 g/mol. The molecule has 0 radical (unpaired) electrons. The summed E-state index contributed by atoms with van der Waals surface area (Å²) in [4.78, 5) is 12.7. The van der Waals surface area contributed by atoms with Crippen LogP contribution < -0.4 is 5.32 Å². The molecule has 0 aromatic heterocycles. The zero-order chi connectivity index (χ0) is 20.2. The summed E-state index contributed by atoms with van der Waals surface area (Å²) in [5.74, 6) is 0.504. The molecule has 1 fully saturated rings. The smallest absolute Gasteiger partial charge is 0.270 e. The van der Waals surface area contributed by atoms with Crippen LogP contribution >= 0.6 is 0 Å². The van der Waals surface area contributed by atoms with Gasteiger partial charge in [0, 0.05) is 37.8 Å². The van der Waals surface area contributed by atoms with Crippen molar-refractivity contribution < 1.29 is 13.3 Å². The number of sulfonamides is 1. The van der Waals surface area contributed by atoms with Crippen molar-refractivity contribution >= 4 is 21.4 Å². The normalized spacial score (nSPS) is 16.8. The Balaban J connectivity index is 2.33. The van der Waals surface area contributed by atoms with E-state index in [1.54, 1.807) is 0 Å². The van der Waals surface area contributed by atoms with Gasteiger partial charge in [0.25, 0.3) is 5.69 Å². The van der Waals surface area contributed by atoms with Crippen LogP contribution in [0.15, 0.2) is 23.1 Å². The monoisotopic (exact) mass is 398 g/mol. The topological polar surface area (TPSA) is 95.8 Å². The molecule has 0 saturated carbocycles. The summed E-state index contributed by atoms with van der Waals surface area (Å²) < 4.78 is 27.5. The highest BCUT2D eigenvalue weighted by molar-refractivity contribution is 7.89. The Labute approximate surface area is 161 Å². The Hall–Kier alpha value is -1.71. The van der Waals surface area contributed by atoms with Gasteiger partial charge in [-0.15, -0.1) is 0 Å². The molecule has 1 N–H and O–H groups in total. The maximum absolute atomic E-state index is 13.0. The zero-order valence-corrected chi connectivity index (χ0v) is 17.3. The van der Waals surface area contributed by atoms with Crippen molar-refractivity contribution in [2.75, 3.05) is 39.0 Å². The first-order chi connectivity index (χ1) is 12.6. The second-order valence-electron chi connectivity index (χ2n) is 7.68. The van der Waals surface area contributed by atoms with E-state index in [2.05, 4.69) is 24.1 Å².